The Morgan fingerprint density at radius 1 is 1.04 bits per heavy atom. The summed E-state index contributed by atoms with van der Waals surface area (Å²) in [6.07, 6.45) is 4.58. The first-order chi connectivity index (χ1) is 13.6. The fourth-order valence-corrected chi connectivity index (χ4v) is 3.22. The van der Waals surface area contributed by atoms with Crippen molar-refractivity contribution in [2.45, 2.75) is 25.3 Å². The number of nitrogens with one attached hydrogen (secondary N) is 2. The highest BCUT2D eigenvalue weighted by atomic mass is 35.5. The van der Waals surface area contributed by atoms with Crippen molar-refractivity contribution in [3.05, 3.63) is 46.6 Å². The molecule has 28 heavy (non-hydrogen) atoms. The van der Waals surface area contributed by atoms with E-state index in [0.29, 0.717) is 32.6 Å². The zero-order valence-corrected chi connectivity index (χ0v) is 17.3. The Morgan fingerprint density at radius 2 is 1.79 bits per heavy atom. The Hall–Kier alpha value is -1.99. The van der Waals surface area contributed by atoms with Crippen LogP contribution in [0.5, 0.6) is 0 Å². The Bertz CT molecular complexity index is 919. The van der Waals surface area contributed by atoms with Crippen molar-refractivity contribution in [2.75, 3.05) is 25.5 Å². The average Bonchev–Trinajstić information content (AvgIpc) is 2.71. The van der Waals surface area contributed by atoms with Crippen LogP contribution in [-0.4, -0.2) is 41.1 Å². The fraction of sp³-hybridized carbons (Fsp3) is 0.350. The Labute approximate surface area is 174 Å². The minimum absolute atomic E-state index is 0.188. The summed E-state index contributed by atoms with van der Waals surface area (Å²) < 4.78 is 0. The first kappa shape index (κ1) is 20.7. The Kier molecular flexibility index (Phi) is 7.39. The molecule has 2 aromatic heterocycles. The third-order valence-electron chi connectivity index (χ3n) is 4.42. The van der Waals surface area contributed by atoms with Crippen molar-refractivity contribution in [2.24, 2.45) is 5.73 Å². The SMILES string of the molecule is CNCCC(N)CCCNc1nc2cc(Cl)c(Cl)cc2nc1-c1ccccn1. The lowest BCUT2D eigenvalue weighted by atomic mass is 10.1. The van der Waals surface area contributed by atoms with Crippen LogP contribution in [0.25, 0.3) is 22.4 Å². The van der Waals surface area contributed by atoms with E-state index in [-0.39, 0.29) is 6.04 Å². The summed E-state index contributed by atoms with van der Waals surface area (Å²) in [5.41, 5.74) is 8.92. The molecule has 1 aromatic carbocycles. The Balaban J connectivity index is 1.82. The molecule has 3 rings (SSSR count). The second-order valence-electron chi connectivity index (χ2n) is 6.61. The van der Waals surface area contributed by atoms with E-state index in [1.807, 2.05) is 25.2 Å². The van der Waals surface area contributed by atoms with Crippen LogP contribution in [0.2, 0.25) is 10.0 Å². The summed E-state index contributed by atoms with van der Waals surface area (Å²) in [6, 6.07) is 9.35. The van der Waals surface area contributed by atoms with E-state index in [9.17, 15) is 0 Å². The van der Waals surface area contributed by atoms with Gasteiger partial charge in [0.1, 0.15) is 5.69 Å². The van der Waals surface area contributed by atoms with Crippen LogP contribution in [0.4, 0.5) is 5.82 Å². The van der Waals surface area contributed by atoms with E-state index in [0.717, 1.165) is 38.0 Å². The van der Waals surface area contributed by atoms with Gasteiger partial charge in [-0.05, 0) is 57.1 Å². The molecule has 1 atom stereocenters. The van der Waals surface area contributed by atoms with Crippen LogP contribution in [0.1, 0.15) is 19.3 Å². The number of hydrogen-bond acceptors (Lipinski definition) is 6. The van der Waals surface area contributed by atoms with Crippen molar-refractivity contribution in [3.63, 3.8) is 0 Å². The van der Waals surface area contributed by atoms with Gasteiger partial charge in [-0.25, -0.2) is 9.97 Å². The van der Waals surface area contributed by atoms with Crippen LogP contribution >= 0.6 is 23.2 Å². The number of rotatable bonds is 9. The second-order valence-corrected chi connectivity index (χ2v) is 7.43. The van der Waals surface area contributed by atoms with Crippen molar-refractivity contribution in [3.8, 4) is 11.4 Å². The van der Waals surface area contributed by atoms with Crippen molar-refractivity contribution >= 4 is 40.1 Å². The van der Waals surface area contributed by atoms with Gasteiger partial charge in [-0.3, -0.25) is 4.98 Å². The highest BCUT2D eigenvalue weighted by Crippen LogP contribution is 2.30. The molecule has 0 saturated carbocycles. The predicted molar refractivity (Wildman–Crippen MR) is 117 cm³/mol. The molecule has 8 heteroatoms. The number of aromatic nitrogens is 3. The highest BCUT2D eigenvalue weighted by molar-refractivity contribution is 6.42. The number of benzene rings is 1. The molecule has 0 fully saturated rings. The van der Waals surface area contributed by atoms with E-state index in [1.54, 1.807) is 18.3 Å². The molecule has 6 nitrogen and oxygen atoms in total. The fourth-order valence-electron chi connectivity index (χ4n) is 2.90. The monoisotopic (exact) mass is 418 g/mol. The molecule has 148 valence electrons. The zero-order chi connectivity index (χ0) is 19.9. The minimum atomic E-state index is 0.188. The van der Waals surface area contributed by atoms with Crippen LogP contribution in [-0.2, 0) is 0 Å². The third-order valence-corrected chi connectivity index (χ3v) is 5.15. The lowest BCUT2D eigenvalue weighted by Gasteiger charge is -2.14. The molecule has 4 N–H and O–H groups in total. The van der Waals surface area contributed by atoms with Gasteiger partial charge >= 0.3 is 0 Å². The maximum Gasteiger partial charge on any atom is 0.154 e. The second kappa shape index (κ2) is 9.98. The van der Waals surface area contributed by atoms with E-state index in [2.05, 4.69) is 15.6 Å². The molecule has 3 aromatic rings. The smallest absolute Gasteiger partial charge is 0.154 e. The number of hydrogen-bond donors (Lipinski definition) is 3. The molecule has 2 heterocycles. The molecular weight excluding hydrogens is 395 g/mol. The summed E-state index contributed by atoms with van der Waals surface area (Å²) in [5.74, 6) is 0.674. The molecule has 0 aliphatic rings. The summed E-state index contributed by atoms with van der Waals surface area (Å²) in [5, 5.41) is 7.42. The molecule has 0 aliphatic heterocycles. The summed E-state index contributed by atoms with van der Waals surface area (Å²) in [4.78, 5) is 13.9. The maximum absolute atomic E-state index is 6.15. The van der Waals surface area contributed by atoms with Crippen molar-refractivity contribution in [1.82, 2.24) is 20.3 Å². The summed E-state index contributed by atoms with van der Waals surface area (Å²) >= 11 is 12.3. The number of nitrogens with zero attached hydrogens (tertiary/aromatic N) is 3. The van der Waals surface area contributed by atoms with Crippen LogP contribution < -0.4 is 16.4 Å². The van der Waals surface area contributed by atoms with Crippen molar-refractivity contribution in [1.29, 1.82) is 0 Å². The summed E-state index contributed by atoms with van der Waals surface area (Å²) in [6.45, 7) is 1.67. The standard InChI is InChI=1S/C20H24Cl2N6/c1-24-10-7-13(23)5-4-9-26-20-19(16-6-2-3-8-25-16)27-17-11-14(21)15(22)12-18(17)28-20/h2-3,6,8,11-13,24H,4-5,7,9-10,23H2,1H3,(H,26,28). The predicted octanol–water partition coefficient (Wildman–Crippen LogP) is 4.13. The van der Waals surface area contributed by atoms with Gasteiger partial charge in [-0.2, -0.15) is 0 Å². The van der Waals surface area contributed by atoms with Crippen LogP contribution in [0.15, 0.2) is 36.5 Å². The van der Waals surface area contributed by atoms with Crippen LogP contribution in [0.3, 0.4) is 0 Å². The van der Waals surface area contributed by atoms with Gasteiger partial charge in [0.25, 0.3) is 0 Å². The van der Waals surface area contributed by atoms with E-state index in [4.69, 9.17) is 38.9 Å². The van der Waals surface area contributed by atoms with Gasteiger partial charge in [-0.15, -0.1) is 0 Å². The average molecular weight is 419 g/mol. The van der Waals surface area contributed by atoms with E-state index < -0.39 is 0 Å². The number of halogens is 2. The minimum Gasteiger partial charge on any atom is -0.368 e. The van der Waals surface area contributed by atoms with Gasteiger partial charge in [0, 0.05) is 18.8 Å². The summed E-state index contributed by atoms with van der Waals surface area (Å²) in [7, 11) is 1.94. The maximum atomic E-state index is 6.15. The lowest BCUT2D eigenvalue weighted by Crippen LogP contribution is -2.25. The number of pyridine rings is 1. The normalized spacial score (nSPS) is 12.3. The molecule has 0 aliphatic carbocycles. The molecular formula is C20H24Cl2N6. The molecule has 0 spiro atoms. The number of fused-ring (bicyclic) bond motifs is 1. The third kappa shape index (κ3) is 5.29. The topological polar surface area (TPSA) is 88.8 Å². The molecule has 0 amide bonds. The van der Waals surface area contributed by atoms with Crippen molar-refractivity contribution < 1.29 is 0 Å². The molecule has 0 bridgehead atoms. The molecule has 0 saturated heterocycles. The van der Waals surface area contributed by atoms with E-state index in [1.165, 1.54) is 0 Å². The number of anilines is 1. The van der Waals surface area contributed by atoms with E-state index >= 15 is 0 Å². The highest BCUT2D eigenvalue weighted by Gasteiger charge is 2.13. The van der Waals surface area contributed by atoms with Gasteiger partial charge < -0.3 is 16.4 Å². The van der Waals surface area contributed by atoms with Crippen LogP contribution in [0, 0.1) is 0 Å². The zero-order valence-electron chi connectivity index (χ0n) is 15.8. The molecule has 0 radical (unpaired) electrons. The largest absolute Gasteiger partial charge is 0.368 e. The lowest BCUT2D eigenvalue weighted by molar-refractivity contribution is 0.539. The first-order valence-electron chi connectivity index (χ1n) is 9.30. The van der Waals surface area contributed by atoms with Gasteiger partial charge in [-0.1, -0.05) is 29.3 Å². The van der Waals surface area contributed by atoms with Gasteiger partial charge in [0.2, 0.25) is 0 Å². The van der Waals surface area contributed by atoms with Gasteiger partial charge in [0.05, 0.1) is 26.8 Å². The number of nitrogens with two attached hydrogens (primary N) is 1. The Morgan fingerprint density at radius 3 is 2.46 bits per heavy atom. The van der Waals surface area contributed by atoms with Gasteiger partial charge in [0.15, 0.2) is 5.82 Å². The molecule has 1 unspecified atom stereocenters. The quantitative estimate of drug-likeness (QED) is 0.452. The first-order valence-corrected chi connectivity index (χ1v) is 10.1.